The molecule has 1 aromatic rings. The molecule has 0 bridgehead atoms. The summed E-state index contributed by atoms with van der Waals surface area (Å²) in [5, 5.41) is 3.76. The molecule has 1 saturated carbocycles. The molecule has 2 rings (SSSR count). The van der Waals surface area contributed by atoms with Crippen LogP contribution in [0.25, 0.3) is 0 Å². The molecule has 1 aliphatic carbocycles. The molecule has 2 nitrogen and oxygen atoms in total. The van der Waals surface area contributed by atoms with Crippen LogP contribution in [0.2, 0.25) is 0 Å². The van der Waals surface area contributed by atoms with Crippen LogP contribution in [0, 0.1) is 5.92 Å². The fourth-order valence-electron chi connectivity index (χ4n) is 3.31. The van der Waals surface area contributed by atoms with Crippen molar-refractivity contribution in [3.63, 3.8) is 0 Å². The second-order valence-electron chi connectivity index (χ2n) is 6.11. The summed E-state index contributed by atoms with van der Waals surface area (Å²) >= 11 is 0. The second kappa shape index (κ2) is 7.74. The Bertz CT molecular complexity index is 348. The Labute approximate surface area is 118 Å². The lowest BCUT2D eigenvalue weighted by Gasteiger charge is -2.24. The number of aryl methyl sites for hydroxylation is 1. The maximum Gasteiger partial charge on any atom is 0.0361 e. The fraction of sp³-hybridized carbons (Fsp3) is 0.765. The van der Waals surface area contributed by atoms with Gasteiger partial charge in [-0.15, -0.1) is 0 Å². The van der Waals surface area contributed by atoms with E-state index in [4.69, 9.17) is 0 Å². The number of rotatable bonds is 6. The molecular formula is C17H30N2. The predicted octanol–water partition coefficient (Wildman–Crippen LogP) is 4.35. The Hall–Kier alpha value is -0.760. The van der Waals surface area contributed by atoms with Crippen molar-refractivity contribution in [1.29, 1.82) is 0 Å². The summed E-state index contributed by atoms with van der Waals surface area (Å²) in [4.78, 5) is 0. The maximum absolute atomic E-state index is 3.76. The van der Waals surface area contributed by atoms with Crippen molar-refractivity contribution < 1.29 is 0 Å². The third kappa shape index (κ3) is 4.38. The molecule has 0 saturated heterocycles. The molecular weight excluding hydrogens is 232 g/mol. The van der Waals surface area contributed by atoms with Crippen molar-refractivity contribution >= 4 is 0 Å². The van der Waals surface area contributed by atoms with E-state index in [1.807, 2.05) is 0 Å². The first-order valence-electron chi connectivity index (χ1n) is 8.18. The maximum atomic E-state index is 3.76. The van der Waals surface area contributed by atoms with Crippen LogP contribution in [0.3, 0.4) is 0 Å². The zero-order valence-electron chi connectivity index (χ0n) is 12.7. The van der Waals surface area contributed by atoms with Gasteiger partial charge < -0.3 is 9.88 Å². The molecule has 1 atom stereocenters. The van der Waals surface area contributed by atoms with Gasteiger partial charge in [-0.25, -0.2) is 0 Å². The SMILES string of the molecule is CCCn1cccc1CN[C@H](C)C1CCCCCC1. The molecule has 1 N–H and O–H groups in total. The highest BCUT2D eigenvalue weighted by Crippen LogP contribution is 2.25. The van der Waals surface area contributed by atoms with Gasteiger partial charge in [-0.3, -0.25) is 0 Å². The molecule has 0 unspecified atom stereocenters. The fourth-order valence-corrected chi connectivity index (χ4v) is 3.31. The van der Waals surface area contributed by atoms with Crippen LogP contribution in [-0.2, 0) is 13.1 Å². The lowest BCUT2D eigenvalue weighted by atomic mass is 9.93. The Kier molecular flexibility index (Phi) is 5.96. The first kappa shape index (κ1) is 14.6. The second-order valence-corrected chi connectivity index (χ2v) is 6.11. The summed E-state index contributed by atoms with van der Waals surface area (Å²) in [6, 6.07) is 5.08. The van der Waals surface area contributed by atoms with E-state index in [0.29, 0.717) is 6.04 Å². The molecule has 1 fully saturated rings. The van der Waals surface area contributed by atoms with Crippen LogP contribution in [0.4, 0.5) is 0 Å². The van der Waals surface area contributed by atoms with Crippen molar-refractivity contribution in [2.24, 2.45) is 5.92 Å². The standard InChI is InChI=1S/C17H30N2/c1-3-12-19-13-8-11-17(19)14-18-15(2)16-9-6-4-5-7-10-16/h8,11,13,15-16,18H,3-7,9-10,12,14H2,1-2H3/t15-/m1/s1. The van der Waals surface area contributed by atoms with Crippen LogP contribution >= 0.6 is 0 Å². The Morgan fingerprint density at radius 2 is 2.00 bits per heavy atom. The van der Waals surface area contributed by atoms with Gasteiger partial charge in [0, 0.05) is 31.0 Å². The van der Waals surface area contributed by atoms with Gasteiger partial charge in [-0.05, 0) is 44.2 Å². The average molecular weight is 262 g/mol. The van der Waals surface area contributed by atoms with Gasteiger partial charge in [0.25, 0.3) is 0 Å². The van der Waals surface area contributed by atoms with Crippen molar-refractivity contribution in [3.8, 4) is 0 Å². The molecule has 1 aromatic heterocycles. The first-order chi connectivity index (χ1) is 9.31. The van der Waals surface area contributed by atoms with Gasteiger partial charge in [-0.1, -0.05) is 32.6 Å². The van der Waals surface area contributed by atoms with Gasteiger partial charge in [0.15, 0.2) is 0 Å². The third-order valence-corrected chi connectivity index (χ3v) is 4.60. The van der Waals surface area contributed by atoms with Gasteiger partial charge in [0.2, 0.25) is 0 Å². The highest BCUT2D eigenvalue weighted by molar-refractivity contribution is 5.07. The van der Waals surface area contributed by atoms with Crippen LogP contribution < -0.4 is 5.32 Å². The van der Waals surface area contributed by atoms with Crippen molar-refractivity contribution in [1.82, 2.24) is 9.88 Å². The molecule has 0 radical (unpaired) electrons. The summed E-state index contributed by atoms with van der Waals surface area (Å²) in [5.74, 6) is 0.886. The number of aromatic nitrogens is 1. The first-order valence-corrected chi connectivity index (χ1v) is 8.18. The molecule has 1 aliphatic rings. The normalized spacial score (nSPS) is 19.3. The van der Waals surface area contributed by atoms with Crippen LogP contribution in [0.15, 0.2) is 18.3 Å². The molecule has 2 heteroatoms. The van der Waals surface area contributed by atoms with E-state index in [1.54, 1.807) is 0 Å². The van der Waals surface area contributed by atoms with E-state index in [-0.39, 0.29) is 0 Å². The highest BCUT2D eigenvalue weighted by atomic mass is 15.0. The average Bonchev–Trinajstić information content (AvgIpc) is 2.68. The largest absolute Gasteiger partial charge is 0.350 e. The molecule has 19 heavy (non-hydrogen) atoms. The van der Waals surface area contributed by atoms with Gasteiger partial charge in [0.1, 0.15) is 0 Å². The zero-order valence-corrected chi connectivity index (χ0v) is 12.7. The molecule has 0 amide bonds. The highest BCUT2D eigenvalue weighted by Gasteiger charge is 2.18. The monoisotopic (exact) mass is 262 g/mol. The summed E-state index contributed by atoms with van der Waals surface area (Å²) in [7, 11) is 0. The van der Waals surface area contributed by atoms with Crippen molar-refractivity contribution in [3.05, 3.63) is 24.0 Å². The number of hydrogen-bond acceptors (Lipinski definition) is 1. The van der Waals surface area contributed by atoms with Crippen LogP contribution in [0.1, 0.15) is 64.5 Å². The van der Waals surface area contributed by atoms with E-state index in [0.717, 1.165) is 19.0 Å². The molecule has 1 heterocycles. The minimum absolute atomic E-state index is 0.656. The quantitative estimate of drug-likeness (QED) is 0.754. The van der Waals surface area contributed by atoms with E-state index in [1.165, 1.54) is 50.6 Å². The third-order valence-electron chi connectivity index (χ3n) is 4.60. The minimum Gasteiger partial charge on any atom is -0.350 e. The topological polar surface area (TPSA) is 17.0 Å². The molecule has 0 aromatic carbocycles. The lowest BCUT2D eigenvalue weighted by molar-refractivity contribution is 0.334. The van der Waals surface area contributed by atoms with Crippen LogP contribution in [-0.4, -0.2) is 10.6 Å². The molecule has 0 spiro atoms. The summed E-state index contributed by atoms with van der Waals surface area (Å²) < 4.78 is 2.38. The predicted molar refractivity (Wildman–Crippen MR) is 82.2 cm³/mol. The van der Waals surface area contributed by atoms with Gasteiger partial charge in [-0.2, -0.15) is 0 Å². The van der Waals surface area contributed by atoms with Gasteiger partial charge in [0.05, 0.1) is 0 Å². The van der Waals surface area contributed by atoms with Gasteiger partial charge >= 0.3 is 0 Å². The van der Waals surface area contributed by atoms with E-state index in [2.05, 4.69) is 42.1 Å². The zero-order chi connectivity index (χ0) is 13.5. The van der Waals surface area contributed by atoms with E-state index >= 15 is 0 Å². The van der Waals surface area contributed by atoms with E-state index < -0.39 is 0 Å². The number of nitrogens with zero attached hydrogens (tertiary/aromatic N) is 1. The number of hydrogen-bond donors (Lipinski definition) is 1. The minimum atomic E-state index is 0.656. The number of nitrogens with one attached hydrogen (secondary N) is 1. The summed E-state index contributed by atoms with van der Waals surface area (Å²) in [5.41, 5.74) is 1.43. The van der Waals surface area contributed by atoms with E-state index in [9.17, 15) is 0 Å². The summed E-state index contributed by atoms with van der Waals surface area (Å²) in [6.45, 7) is 6.78. The van der Waals surface area contributed by atoms with Crippen molar-refractivity contribution in [2.75, 3.05) is 0 Å². The Morgan fingerprint density at radius 1 is 1.26 bits per heavy atom. The Morgan fingerprint density at radius 3 is 2.68 bits per heavy atom. The van der Waals surface area contributed by atoms with Crippen LogP contribution in [0.5, 0.6) is 0 Å². The molecule has 108 valence electrons. The van der Waals surface area contributed by atoms with Crippen molar-refractivity contribution in [2.45, 2.75) is 77.9 Å². The molecule has 0 aliphatic heterocycles. The lowest BCUT2D eigenvalue weighted by Crippen LogP contribution is -2.33. The Balaban J connectivity index is 1.81. The smallest absolute Gasteiger partial charge is 0.0361 e. The summed E-state index contributed by atoms with van der Waals surface area (Å²) in [6.07, 6.45) is 12.0.